The van der Waals surface area contributed by atoms with Gasteiger partial charge in [0, 0.05) is 47.7 Å². The molecule has 1 atom stereocenters. The summed E-state index contributed by atoms with van der Waals surface area (Å²) in [5, 5.41) is 0. The van der Waals surface area contributed by atoms with Crippen LogP contribution in [-0.4, -0.2) is 40.1 Å². The Kier molecular flexibility index (Phi) is 6.08. The lowest BCUT2D eigenvalue weighted by atomic mass is 9.76. The molecule has 7 heteroatoms. The van der Waals surface area contributed by atoms with E-state index in [0.717, 1.165) is 11.3 Å². The summed E-state index contributed by atoms with van der Waals surface area (Å²) >= 11 is 0. The zero-order valence-corrected chi connectivity index (χ0v) is 18.8. The van der Waals surface area contributed by atoms with Crippen LogP contribution < -0.4 is 23.8 Å². The molecule has 2 aliphatic rings. The van der Waals surface area contributed by atoms with E-state index in [2.05, 4.69) is 0 Å². The molecular formula is C25H27NO6. The lowest BCUT2D eigenvalue weighted by molar-refractivity contribution is -0.119. The van der Waals surface area contributed by atoms with Crippen molar-refractivity contribution in [2.24, 2.45) is 0 Å². The fourth-order valence-corrected chi connectivity index (χ4v) is 4.63. The normalized spacial score (nSPS) is 18.4. The van der Waals surface area contributed by atoms with Crippen molar-refractivity contribution < 1.29 is 28.5 Å². The number of ketones is 1. The summed E-state index contributed by atoms with van der Waals surface area (Å²) in [5.41, 5.74) is 2.87. The van der Waals surface area contributed by atoms with Crippen LogP contribution in [0.2, 0.25) is 0 Å². The van der Waals surface area contributed by atoms with Crippen LogP contribution in [0.1, 0.15) is 37.2 Å². The van der Waals surface area contributed by atoms with E-state index in [9.17, 15) is 9.59 Å². The number of hydrogen-bond acceptors (Lipinski definition) is 6. The first-order valence-corrected chi connectivity index (χ1v) is 10.6. The molecule has 0 saturated heterocycles. The van der Waals surface area contributed by atoms with E-state index >= 15 is 0 Å². The number of ether oxygens (including phenoxy) is 4. The first-order chi connectivity index (χ1) is 15.5. The highest BCUT2D eigenvalue weighted by Gasteiger charge is 2.41. The smallest absolute Gasteiger partial charge is 0.232 e. The largest absolute Gasteiger partial charge is 0.497 e. The van der Waals surface area contributed by atoms with Crippen molar-refractivity contribution in [1.82, 2.24) is 0 Å². The Labute approximate surface area is 187 Å². The van der Waals surface area contributed by atoms with Gasteiger partial charge in [-0.1, -0.05) is 6.07 Å². The second-order valence-electron chi connectivity index (χ2n) is 7.77. The lowest BCUT2D eigenvalue weighted by Crippen LogP contribution is -2.40. The summed E-state index contributed by atoms with van der Waals surface area (Å²) in [6.07, 6.45) is 1.97. The van der Waals surface area contributed by atoms with Crippen LogP contribution in [0.5, 0.6) is 23.0 Å². The molecule has 0 spiro atoms. The minimum atomic E-state index is -0.415. The molecule has 0 N–H and O–H groups in total. The molecule has 0 radical (unpaired) electrons. The van der Waals surface area contributed by atoms with Gasteiger partial charge in [0.05, 0.1) is 34.1 Å². The summed E-state index contributed by atoms with van der Waals surface area (Å²) in [4.78, 5) is 28.3. The van der Waals surface area contributed by atoms with Crippen LogP contribution in [-0.2, 0) is 9.59 Å². The maximum atomic E-state index is 13.5. The quantitative estimate of drug-likeness (QED) is 0.673. The van der Waals surface area contributed by atoms with E-state index in [1.54, 1.807) is 39.4 Å². The van der Waals surface area contributed by atoms with Crippen molar-refractivity contribution in [3.63, 3.8) is 0 Å². The van der Waals surface area contributed by atoms with Gasteiger partial charge in [-0.2, -0.15) is 0 Å². The number of benzene rings is 2. The molecule has 0 bridgehead atoms. The molecule has 1 unspecified atom stereocenters. The standard InChI is InChI=1S/C25H27NO6/c1-29-16-8-5-7-15(11-16)26-19-9-6-10-20(27)25(19)18(13-24(26)28)17-12-22(31-3)23(32-4)14-21(17)30-2/h5,7-8,11-12,14,18H,6,9-10,13H2,1-4H3. The van der Waals surface area contributed by atoms with Gasteiger partial charge in [-0.3, -0.25) is 14.5 Å². The lowest BCUT2D eigenvalue weighted by Gasteiger charge is -2.38. The highest BCUT2D eigenvalue weighted by atomic mass is 16.5. The number of hydrogen-bond donors (Lipinski definition) is 0. The minimum absolute atomic E-state index is 0.0634. The maximum Gasteiger partial charge on any atom is 0.232 e. The van der Waals surface area contributed by atoms with Gasteiger partial charge in [-0.05, 0) is 31.0 Å². The fourth-order valence-electron chi connectivity index (χ4n) is 4.63. The van der Waals surface area contributed by atoms with Crippen molar-refractivity contribution >= 4 is 17.4 Å². The van der Waals surface area contributed by atoms with Crippen LogP contribution in [0.4, 0.5) is 5.69 Å². The average Bonchev–Trinajstić information content (AvgIpc) is 2.82. The van der Waals surface area contributed by atoms with Crippen molar-refractivity contribution in [3.05, 3.63) is 53.2 Å². The van der Waals surface area contributed by atoms with Crippen molar-refractivity contribution in [2.75, 3.05) is 33.3 Å². The highest BCUT2D eigenvalue weighted by molar-refractivity contribution is 6.07. The van der Waals surface area contributed by atoms with Gasteiger partial charge >= 0.3 is 0 Å². The summed E-state index contributed by atoms with van der Waals surface area (Å²) in [7, 11) is 6.26. The highest BCUT2D eigenvalue weighted by Crippen LogP contribution is 2.48. The van der Waals surface area contributed by atoms with E-state index in [-0.39, 0.29) is 18.1 Å². The maximum absolute atomic E-state index is 13.5. The monoisotopic (exact) mass is 437 g/mol. The Morgan fingerprint density at radius 1 is 0.844 bits per heavy atom. The molecule has 1 heterocycles. The Bertz CT molecular complexity index is 1090. The second-order valence-corrected chi connectivity index (χ2v) is 7.77. The van der Waals surface area contributed by atoms with Crippen LogP contribution in [0, 0.1) is 0 Å². The molecule has 1 aliphatic heterocycles. The summed E-state index contributed by atoms with van der Waals surface area (Å²) in [5.74, 6) is 1.83. The Morgan fingerprint density at radius 2 is 1.56 bits per heavy atom. The number of Topliss-reactive ketones (excluding diaryl/α,β-unsaturated/α-hetero) is 1. The van der Waals surface area contributed by atoms with E-state index in [0.29, 0.717) is 53.5 Å². The zero-order chi connectivity index (χ0) is 22.8. The first kappa shape index (κ1) is 21.7. The van der Waals surface area contributed by atoms with Gasteiger partial charge in [-0.15, -0.1) is 0 Å². The van der Waals surface area contributed by atoms with Crippen LogP contribution in [0.15, 0.2) is 47.7 Å². The molecule has 32 heavy (non-hydrogen) atoms. The molecule has 1 aliphatic carbocycles. The zero-order valence-electron chi connectivity index (χ0n) is 18.8. The number of carbonyl (C=O) groups is 2. The number of rotatable bonds is 6. The average molecular weight is 437 g/mol. The first-order valence-electron chi connectivity index (χ1n) is 10.6. The van der Waals surface area contributed by atoms with Crippen molar-refractivity contribution in [1.29, 1.82) is 0 Å². The third kappa shape index (κ3) is 3.68. The summed E-state index contributed by atoms with van der Waals surface area (Å²) < 4.78 is 21.8. The van der Waals surface area contributed by atoms with Gasteiger partial charge in [0.25, 0.3) is 0 Å². The van der Waals surface area contributed by atoms with Crippen LogP contribution in [0.3, 0.4) is 0 Å². The molecule has 4 rings (SSSR count). The minimum Gasteiger partial charge on any atom is -0.497 e. The molecule has 0 saturated carbocycles. The van der Waals surface area contributed by atoms with Crippen LogP contribution >= 0.6 is 0 Å². The Balaban J connectivity index is 1.89. The molecule has 0 fully saturated rings. The number of allylic oxidation sites excluding steroid dienone is 2. The third-order valence-corrected chi connectivity index (χ3v) is 6.10. The Morgan fingerprint density at radius 3 is 2.25 bits per heavy atom. The summed E-state index contributed by atoms with van der Waals surface area (Å²) in [6, 6.07) is 10.9. The summed E-state index contributed by atoms with van der Waals surface area (Å²) in [6.45, 7) is 0. The van der Waals surface area contributed by atoms with Gasteiger partial charge in [-0.25, -0.2) is 0 Å². The topological polar surface area (TPSA) is 74.3 Å². The predicted octanol–water partition coefficient (Wildman–Crippen LogP) is 4.25. The molecule has 2 aromatic rings. The second kappa shape index (κ2) is 8.94. The van der Waals surface area contributed by atoms with Crippen molar-refractivity contribution in [3.8, 4) is 23.0 Å². The predicted molar refractivity (Wildman–Crippen MR) is 120 cm³/mol. The molecule has 0 aromatic heterocycles. The molecule has 168 valence electrons. The number of carbonyl (C=O) groups excluding carboxylic acids is 2. The van der Waals surface area contributed by atoms with Gasteiger partial charge in [0.2, 0.25) is 5.91 Å². The molecule has 7 nitrogen and oxygen atoms in total. The van der Waals surface area contributed by atoms with Gasteiger partial charge < -0.3 is 18.9 Å². The molecule has 2 aromatic carbocycles. The van der Waals surface area contributed by atoms with E-state index in [1.165, 1.54) is 0 Å². The molecular weight excluding hydrogens is 410 g/mol. The third-order valence-electron chi connectivity index (χ3n) is 6.10. The van der Waals surface area contributed by atoms with E-state index in [1.807, 2.05) is 30.3 Å². The van der Waals surface area contributed by atoms with Crippen LogP contribution in [0.25, 0.3) is 0 Å². The van der Waals surface area contributed by atoms with Gasteiger partial charge in [0.1, 0.15) is 11.5 Å². The number of nitrogens with zero attached hydrogens (tertiary/aromatic N) is 1. The fraction of sp³-hybridized carbons (Fsp3) is 0.360. The van der Waals surface area contributed by atoms with E-state index in [4.69, 9.17) is 18.9 Å². The number of amides is 1. The van der Waals surface area contributed by atoms with E-state index < -0.39 is 5.92 Å². The SMILES string of the molecule is COc1cccc(N2C(=O)CC(c3cc(OC)c(OC)cc3OC)C3=C2CCCC3=O)c1. The van der Waals surface area contributed by atoms with Gasteiger partial charge in [0.15, 0.2) is 17.3 Å². The van der Waals surface area contributed by atoms with Crippen molar-refractivity contribution in [2.45, 2.75) is 31.6 Å². The number of methoxy groups -OCH3 is 4. The Hall–Kier alpha value is -3.48. The molecule has 1 amide bonds. The number of anilines is 1.